The van der Waals surface area contributed by atoms with Gasteiger partial charge in [0.15, 0.2) is 11.5 Å². The molecule has 2 aromatic carbocycles. The van der Waals surface area contributed by atoms with E-state index < -0.39 is 5.97 Å². The number of hydrogen-bond acceptors (Lipinski definition) is 5. The van der Waals surface area contributed by atoms with Crippen molar-refractivity contribution in [3.05, 3.63) is 48.0 Å². The van der Waals surface area contributed by atoms with E-state index in [1.807, 2.05) is 37.3 Å². The topological polar surface area (TPSA) is 84.9 Å². The first-order chi connectivity index (χ1) is 12.5. The lowest BCUT2D eigenvalue weighted by atomic mass is 10.1. The molecule has 0 aliphatic heterocycles. The van der Waals surface area contributed by atoms with Gasteiger partial charge in [-0.15, -0.1) is 11.8 Å². The maximum Gasteiger partial charge on any atom is 0.335 e. The Hall–Kier alpha value is -2.67. The van der Waals surface area contributed by atoms with Crippen LogP contribution in [0.2, 0.25) is 0 Å². The Kier molecular flexibility index (Phi) is 6.91. The summed E-state index contributed by atoms with van der Waals surface area (Å²) >= 11 is 1.45. The van der Waals surface area contributed by atoms with Crippen LogP contribution in [0.3, 0.4) is 0 Å². The number of anilines is 1. The van der Waals surface area contributed by atoms with Crippen molar-refractivity contribution in [1.29, 1.82) is 0 Å². The van der Waals surface area contributed by atoms with Gasteiger partial charge in [0.25, 0.3) is 0 Å². The van der Waals surface area contributed by atoms with Gasteiger partial charge in [0.1, 0.15) is 0 Å². The largest absolute Gasteiger partial charge is 0.493 e. The van der Waals surface area contributed by atoms with Crippen LogP contribution in [0.4, 0.5) is 5.69 Å². The van der Waals surface area contributed by atoms with E-state index in [9.17, 15) is 14.7 Å². The predicted molar refractivity (Wildman–Crippen MR) is 102 cm³/mol. The summed E-state index contributed by atoms with van der Waals surface area (Å²) < 4.78 is 10.5. The quantitative estimate of drug-likeness (QED) is 0.681. The molecule has 6 nitrogen and oxygen atoms in total. The molecular formula is C19H21NO5S. The molecule has 0 spiro atoms. The minimum Gasteiger partial charge on any atom is -0.493 e. The summed E-state index contributed by atoms with van der Waals surface area (Å²) in [6.45, 7) is 1.92. The minimum absolute atomic E-state index is 0.00158. The second-order valence-corrected chi connectivity index (χ2v) is 6.66. The zero-order valence-corrected chi connectivity index (χ0v) is 15.6. The Morgan fingerprint density at radius 2 is 1.85 bits per heavy atom. The van der Waals surface area contributed by atoms with Crippen LogP contribution in [-0.4, -0.2) is 36.5 Å². The summed E-state index contributed by atoms with van der Waals surface area (Å²) in [6.07, 6.45) is 0.615. The summed E-state index contributed by atoms with van der Waals surface area (Å²) in [6, 6.07) is 12.3. The summed E-state index contributed by atoms with van der Waals surface area (Å²) in [4.78, 5) is 25.0. The van der Waals surface area contributed by atoms with Gasteiger partial charge in [0, 0.05) is 4.90 Å². The molecule has 1 atom stereocenters. The molecule has 0 bridgehead atoms. The molecule has 0 saturated carbocycles. The van der Waals surface area contributed by atoms with Crippen molar-refractivity contribution in [1.82, 2.24) is 0 Å². The van der Waals surface area contributed by atoms with Crippen molar-refractivity contribution in [2.24, 2.45) is 0 Å². The van der Waals surface area contributed by atoms with E-state index in [1.54, 1.807) is 0 Å². The minimum atomic E-state index is -1.12. The average molecular weight is 375 g/mol. The van der Waals surface area contributed by atoms with E-state index in [0.29, 0.717) is 6.42 Å². The van der Waals surface area contributed by atoms with Gasteiger partial charge in [0.05, 0.1) is 30.7 Å². The first kappa shape index (κ1) is 19.7. The number of carbonyl (C=O) groups excluding carboxylic acids is 1. The van der Waals surface area contributed by atoms with Crippen molar-refractivity contribution in [3.63, 3.8) is 0 Å². The van der Waals surface area contributed by atoms with Crippen molar-refractivity contribution in [2.75, 3.05) is 19.5 Å². The molecule has 0 aliphatic rings. The molecule has 0 fully saturated rings. The van der Waals surface area contributed by atoms with Crippen LogP contribution < -0.4 is 14.8 Å². The van der Waals surface area contributed by atoms with E-state index >= 15 is 0 Å². The van der Waals surface area contributed by atoms with Crippen molar-refractivity contribution < 1.29 is 24.2 Å². The van der Waals surface area contributed by atoms with E-state index in [2.05, 4.69) is 5.32 Å². The Morgan fingerprint density at radius 1 is 1.15 bits per heavy atom. The monoisotopic (exact) mass is 375 g/mol. The highest BCUT2D eigenvalue weighted by Crippen LogP contribution is 2.37. The fourth-order valence-corrected chi connectivity index (χ4v) is 3.35. The van der Waals surface area contributed by atoms with Gasteiger partial charge in [-0.25, -0.2) is 4.79 Å². The average Bonchev–Trinajstić information content (AvgIpc) is 2.65. The maximum atomic E-state index is 12.7. The zero-order valence-electron chi connectivity index (χ0n) is 14.8. The van der Waals surface area contributed by atoms with Gasteiger partial charge < -0.3 is 19.9 Å². The maximum absolute atomic E-state index is 12.7. The first-order valence-electron chi connectivity index (χ1n) is 8.02. The zero-order chi connectivity index (χ0) is 19.1. The molecule has 0 saturated heterocycles. The van der Waals surface area contributed by atoms with Crippen LogP contribution in [0.15, 0.2) is 47.4 Å². The molecule has 7 heteroatoms. The van der Waals surface area contributed by atoms with E-state index in [1.165, 1.54) is 38.1 Å². The number of rotatable bonds is 8. The number of carbonyl (C=O) groups is 2. The van der Waals surface area contributed by atoms with E-state index in [-0.39, 0.29) is 33.9 Å². The number of hydrogen-bond donors (Lipinski definition) is 2. The van der Waals surface area contributed by atoms with Crippen LogP contribution in [-0.2, 0) is 4.79 Å². The van der Waals surface area contributed by atoms with Crippen molar-refractivity contribution in [3.8, 4) is 11.5 Å². The standard InChI is InChI=1S/C19H21NO5S/c1-4-16(26-13-8-6-5-7-9-13)18(21)20-14-10-12(19(22)23)11-15(24-2)17(14)25-3/h5-11,16H,4H2,1-3H3,(H,20,21)(H,22,23). The number of ether oxygens (including phenoxy) is 2. The third kappa shape index (κ3) is 4.70. The summed E-state index contributed by atoms with van der Waals surface area (Å²) in [5.74, 6) is -0.826. The number of aromatic carboxylic acids is 1. The van der Waals surface area contributed by atoms with Crippen LogP contribution in [0.25, 0.3) is 0 Å². The fourth-order valence-electron chi connectivity index (χ4n) is 2.38. The van der Waals surface area contributed by atoms with Gasteiger partial charge in [0.2, 0.25) is 5.91 Å². The molecule has 2 aromatic rings. The molecule has 138 valence electrons. The van der Waals surface area contributed by atoms with Crippen LogP contribution in [0.1, 0.15) is 23.7 Å². The van der Waals surface area contributed by atoms with Gasteiger partial charge >= 0.3 is 5.97 Å². The third-order valence-electron chi connectivity index (χ3n) is 3.67. The van der Waals surface area contributed by atoms with Gasteiger partial charge in [-0.1, -0.05) is 25.1 Å². The van der Waals surface area contributed by atoms with Gasteiger partial charge in [-0.05, 0) is 30.7 Å². The summed E-state index contributed by atoms with van der Waals surface area (Å²) in [5.41, 5.74) is 0.267. The number of methoxy groups -OCH3 is 2. The highest BCUT2D eigenvalue weighted by molar-refractivity contribution is 8.00. The normalized spacial score (nSPS) is 11.5. The first-order valence-corrected chi connectivity index (χ1v) is 8.90. The summed E-state index contributed by atoms with van der Waals surface area (Å²) in [7, 11) is 2.85. The number of carboxylic acids is 1. The second kappa shape index (κ2) is 9.15. The molecule has 0 heterocycles. The van der Waals surface area contributed by atoms with Gasteiger partial charge in [-0.3, -0.25) is 4.79 Å². The Labute approximate surface area is 156 Å². The SMILES string of the molecule is CCC(Sc1ccccc1)C(=O)Nc1cc(C(=O)O)cc(OC)c1OC. The highest BCUT2D eigenvalue weighted by Gasteiger charge is 2.22. The lowest BCUT2D eigenvalue weighted by Crippen LogP contribution is -2.25. The van der Waals surface area contributed by atoms with Crippen LogP contribution >= 0.6 is 11.8 Å². The summed E-state index contributed by atoms with van der Waals surface area (Å²) in [5, 5.41) is 11.7. The number of amides is 1. The predicted octanol–water partition coefficient (Wildman–Crippen LogP) is 3.91. The second-order valence-electron chi connectivity index (χ2n) is 5.38. The lowest BCUT2D eigenvalue weighted by Gasteiger charge is -2.18. The van der Waals surface area contributed by atoms with Crippen LogP contribution in [0.5, 0.6) is 11.5 Å². The lowest BCUT2D eigenvalue weighted by molar-refractivity contribution is -0.115. The Morgan fingerprint density at radius 3 is 2.38 bits per heavy atom. The highest BCUT2D eigenvalue weighted by atomic mass is 32.2. The van der Waals surface area contributed by atoms with E-state index in [4.69, 9.17) is 9.47 Å². The molecule has 0 radical (unpaired) electrons. The molecule has 1 unspecified atom stereocenters. The Balaban J connectivity index is 2.28. The number of benzene rings is 2. The fraction of sp³-hybridized carbons (Fsp3) is 0.263. The molecule has 1 amide bonds. The number of thioether (sulfide) groups is 1. The molecule has 26 heavy (non-hydrogen) atoms. The van der Waals surface area contributed by atoms with Gasteiger partial charge in [-0.2, -0.15) is 0 Å². The van der Waals surface area contributed by atoms with Crippen molar-refractivity contribution >= 4 is 29.3 Å². The molecule has 2 N–H and O–H groups in total. The van der Waals surface area contributed by atoms with Crippen molar-refractivity contribution in [2.45, 2.75) is 23.5 Å². The van der Waals surface area contributed by atoms with E-state index in [0.717, 1.165) is 4.90 Å². The molecular weight excluding hydrogens is 354 g/mol. The number of carboxylic acid groups (broad SMARTS) is 1. The van der Waals surface area contributed by atoms with Crippen LogP contribution in [0, 0.1) is 0 Å². The Bertz CT molecular complexity index is 779. The molecule has 0 aliphatic carbocycles. The smallest absolute Gasteiger partial charge is 0.335 e. The third-order valence-corrected chi connectivity index (χ3v) is 5.04. The molecule has 2 rings (SSSR count). The number of nitrogens with one attached hydrogen (secondary N) is 1. The molecule has 0 aromatic heterocycles.